The first-order chi connectivity index (χ1) is 5.41. The molecular weight excluding hydrogens is 164 g/mol. The van der Waals surface area contributed by atoms with Crippen LogP contribution in [0.25, 0.3) is 0 Å². The predicted molar refractivity (Wildman–Crippen MR) is 40.8 cm³/mol. The molecule has 3 nitrogen and oxygen atoms in total. The molecule has 0 saturated heterocycles. The van der Waals surface area contributed by atoms with Crippen LogP contribution < -0.4 is 5.73 Å². The molecule has 12 heavy (non-hydrogen) atoms. The van der Waals surface area contributed by atoms with E-state index in [1.807, 2.05) is 0 Å². The monoisotopic (exact) mass is 175 g/mol. The fourth-order valence-electron chi connectivity index (χ4n) is 0.859. The molecule has 5 heteroatoms. The van der Waals surface area contributed by atoms with Gasteiger partial charge < -0.3 is 5.73 Å². The highest BCUT2D eigenvalue weighted by atomic mass is 19.3. The summed E-state index contributed by atoms with van der Waals surface area (Å²) in [7, 11) is 1.66. The van der Waals surface area contributed by atoms with Gasteiger partial charge in [0.05, 0.1) is 5.69 Å². The van der Waals surface area contributed by atoms with Gasteiger partial charge in [-0.25, -0.2) is 8.78 Å². The third kappa shape index (κ3) is 1.79. The lowest BCUT2D eigenvalue weighted by Gasteiger charge is -2.16. The third-order valence-corrected chi connectivity index (χ3v) is 1.60. The summed E-state index contributed by atoms with van der Waals surface area (Å²) in [5.41, 5.74) is 5.47. The van der Waals surface area contributed by atoms with Crippen LogP contribution in [0.3, 0.4) is 0 Å². The SMILES string of the molecule is Cn1ccc(C(N)C(C)(F)F)n1. The van der Waals surface area contributed by atoms with Crippen LogP contribution in [0, 0.1) is 0 Å². The topological polar surface area (TPSA) is 43.8 Å². The molecule has 0 bridgehead atoms. The van der Waals surface area contributed by atoms with Crippen molar-refractivity contribution in [2.75, 3.05) is 0 Å². The summed E-state index contributed by atoms with van der Waals surface area (Å²) in [6.45, 7) is 0.784. The van der Waals surface area contributed by atoms with Crippen LogP contribution >= 0.6 is 0 Å². The molecule has 0 amide bonds. The molecule has 68 valence electrons. The average molecular weight is 175 g/mol. The summed E-state index contributed by atoms with van der Waals surface area (Å²) in [4.78, 5) is 0. The Kier molecular flexibility index (Phi) is 2.14. The molecule has 0 aliphatic carbocycles. The molecule has 0 spiro atoms. The van der Waals surface area contributed by atoms with Crippen LogP contribution in [0.4, 0.5) is 8.78 Å². The van der Waals surface area contributed by atoms with Crippen LogP contribution in [0.1, 0.15) is 18.7 Å². The van der Waals surface area contributed by atoms with Gasteiger partial charge in [0.2, 0.25) is 0 Å². The number of nitrogens with zero attached hydrogens (tertiary/aromatic N) is 2. The Balaban J connectivity index is 2.85. The van der Waals surface area contributed by atoms with Gasteiger partial charge in [-0.15, -0.1) is 0 Å². The minimum absolute atomic E-state index is 0.213. The van der Waals surface area contributed by atoms with Gasteiger partial charge in [-0.05, 0) is 6.07 Å². The minimum atomic E-state index is -2.92. The standard InChI is InChI=1S/C7H11F2N3/c1-7(8,9)6(10)5-3-4-12(2)11-5/h3-4,6H,10H2,1-2H3. The summed E-state index contributed by atoms with van der Waals surface area (Å²) in [6, 6.07) is 0.168. The van der Waals surface area contributed by atoms with Gasteiger partial charge in [0.25, 0.3) is 5.92 Å². The van der Waals surface area contributed by atoms with Crippen molar-refractivity contribution in [3.63, 3.8) is 0 Å². The second kappa shape index (κ2) is 2.82. The van der Waals surface area contributed by atoms with E-state index in [1.54, 1.807) is 13.2 Å². The number of aryl methyl sites for hydroxylation is 1. The molecule has 1 heterocycles. The molecule has 1 atom stereocenters. The maximum absolute atomic E-state index is 12.6. The quantitative estimate of drug-likeness (QED) is 0.730. The number of nitrogens with two attached hydrogens (primary N) is 1. The summed E-state index contributed by atoms with van der Waals surface area (Å²) >= 11 is 0. The van der Waals surface area contributed by atoms with Crippen molar-refractivity contribution in [3.05, 3.63) is 18.0 Å². The first-order valence-corrected chi connectivity index (χ1v) is 3.54. The number of hydrogen-bond acceptors (Lipinski definition) is 2. The van der Waals surface area contributed by atoms with Gasteiger partial charge in [-0.2, -0.15) is 5.10 Å². The van der Waals surface area contributed by atoms with Crippen molar-refractivity contribution in [3.8, 4) is 0 Å². The lowest BCUT2D eigenvalue weighted by Crippen LogP contribution is -2.30. The number of halogens is 2. The zero-order chi connectivity index (χ0) is 9.35. The highest BCUT2D eigenvalue weighted by Crippen LogP contribution is 2.26. The Bertz CT molecular complexity index is 264. The number of hydrogen-bond donors (Lipinski definition) is 1. The van der Waals surface area contributed by atoms with Crippen molar-refractivity contribution >= 4 is 0 Å². The molecule has 0 fully saturated rings. The van der Waals surface area contributed by atoms with E-state index in [9.17, 15) is 8.78 Å². The highest BCUT2D eigenvalue weighted by Gasteiger charge is 2.33. The maximum Gasteiger partial charge on any atom is 0.265 e. The molecule has 1 unspecified atom stereocenters. The number of rotatable bonds is 2. The van der Waals surface area contributed by atoms with Gasteiger partial charge in [0, 0.05) is 20.2 Å². The van der Waals surface area contributed by atoms with E-state index in [0.29, 0.717) is 0 Å². The summed E-state index contributed by atoms with van der Waals surface area (Å²) in [6.07, 6.45) is 1.58. The summed E-state index contributed by atoms with van der Waals surface area (Å²) in [5.74, 6) is -2.92. The Morgan fingerprint density at radius 2 is 2.25 bits per heavy atom. The zero-order valence-electron chi connectivity index (χ0n) is 6.96. The lowest BCUT2D eigenvalue weighted by molar-refractivity contribution is -0.00758. The largest absolute Gasteiger partial charge is 0.318 e. The van der Waals surface area contributed by atoms with Gasteiger partial charge in [0.1, 0.15) is 6.04 Å². The number of aromatic nitrogens is 2. The lowest BCUT2D eigenvalue weighted by atomic mass is 10.1. The molecule has 0 aromatic carbocycles. The Morgan fingerprint density at radius 3 is 2.58 bits per heavy atom. The van der Waals surface area contributed by atoms with E-state index in [2.05, 4.69) is 5.10 Å². The van der Waals surface area contributed by atoms with Gasteiger partial charge in [0.15, 0.2) is 0 Å². The minimum Gasteiger partial charge on any atom is -0.318 e. The van der Waals surface area contributed by atoms with E-state index in [0.717, 1.165) is 6.92 Å². The van der Waals surface area contributed by atoms with E-state index >= 15 is 0 Å². The van der Waals surface area contributed by atoms with Crippen molar-refractivity contribution in [1.29, 1.82) is 0 Å². The first kappa shape index (κ1) is 9.12. The first-order valence-electron chi connectivity index (χ1n) is 3.54. The van der Waals surface area contributed by atoms with Gasteiger partial charge in [-0.1, -0.05) is 0 Å². The van der Waals surface area contributed by atoms with Crippen molar-refractivity contribution < 1.29 is 8.78 Å². The van der Waals surface area contributed by atoms with Crippen LogP contribution in [-0.4, -0.2) is 15.7 Å². The van der Waals surface area contributed by atoms with Crippen LogP contribution in [0.15, 0.2) is 12.3 Å². The van der Waals surface area contributed by atoms with Gasteiger partial charge in [-0.3, -0.25) is 4.68 Å². The molecule has 1 aromatic rings. The van der Waals surface area contributed by atoms with Crippen molar-refractivity contribution in [2.24, 2.45) is 12.8 Å². The Hall–Kier alpha value is -0.970. The fourth-order valence-corrected chi connectivity index (χ4v) is 0.859. The van der Waals surface area contributed by atoms with E-state index in [1.165, 1.54) is 10.7 Å². The second-order valence-corrected chi connectivity index (χ2v) is 2.85. The fraction of sp³-hybridized carbons (Fsp3) is 0.571. The van der Waals surface area contributed by atoms with Crippen LogP contribution in [0.2, 0.25) is 0 Å². The maximum atomic E-state index is 12.6. The summed E-state index contributed by atoms with van der Waals surface area (Å²) < 4.78 is 26.7. The molecular formula is C7H11F2N3. The Morgan fingerprint density at radius 1 is 1.67 bits per heavy atom. The molecule has 0 aliphatic heterocycles. The summed E-state index contributed by atoms with van der Waals surface area (Å²) in [5, 5.41) is 3.79. The molecule has 1 rings (SSSR count). The van der Waals surface area contributed by atoms with Crippen molar-refractivity contribution in [2.45, 2.75) is 18.9 Å². The number of alkyl halides is 2. The van der Waals surface area contributed by atoms with E-state index in [-0.39, 0.29) is 5.69 Å². The average Bonchev–Trinajstić information content (AvgIpc) is 2.32. The van der Waals surface area contributed by atoms with E-state index < -0.39 is 12.0 Å². The zero-order valence-corrected chi connectivity index (χ0v) is 6.96. The molecule has 0 saturated carbocycles. The van der Waals surface area contributed by atoms with Gasteiger partial charge >= 0.3 is 0 Å². The predicted octanol–water partition coefficient (Wildman–Crippen LogP) is 1.08. The smallest absolute Gasteiger partial charge is 0.265 e. The van der Waals surface area contributed by atoms with Crippen LogP contribution in [0.5, 0.6) is 0 Å². The molecule has 1 aromatic heterocycles. The molecule has 2 N–H and O–H groups in total. The van der Waals surface area contributed by atoms with Crippen LogP contribution in [-0.2, 0) is 7.05 Å². The molecule has 0 radical (unpaired) electrons. The van der Waals surface area contributed by atoms with Crippen molar-refractivity contribution in [1.82, 2.24) is 9.78 Å². The third-order valence-electron chi connectivity index (χ3n) is 1.60. The molecule has 0 aliphatic rings. The normalized spacial score (nSPS) is 14.8. The second-order valence-electron chi connectivity index (χ2n) is 2.85. The highest BCUT2D eigenvalue weighted by molar-refractivity contribution is 5.07. The van der Waals surface area contributed by atoms with E-state index in [4.69, 9.17) is 5.73 Å². The Labute approximate surface area is 69.2 Å².